The predicted molar refractivity (Wildman–Crippen MR) is 85.1 cm³/mol. The highest BCUT2D eigenvalue weighted by atomic mass is 127. The molecule has 0 aliphatic carbocycles. The van der Waals surface area contributed by atoms with Gasteiger partial charge in [0.05, 0.1) is 19.6 Å². The minimum atomic E-state index is 0. The molecule has 0 heterocycles. The van der Waals surface area contributed by atoms with Crippen molar-refractivity contribution in [2.75, 3.05) is 26.4 Å². The number of unbranched alkanes of at least 4 members (excludes halogenated alkanes) is 7. The fourth-order valence-corrected chi connectivity index (χ4v) is 2.79. The van der Waals surface area contributed by atoms with Crippen LogP contribution in [0.1, 0.15) is 85.0 Å². The maximum atomic E-state index is 9.89. The van der Waals surface area contributed by atoms with E-state index < -0.39 is 0 Å². The quantitative estimate of drug-likeness (QED) is 0.204. The second-order valence-electron chi connectivity index (χ2n) is 6.13. The highest BCUT2D eigenvalue weighted by molar-refractivity contribution is 4.48. The van der Waals surface area contributed by atoms with E-state index in [2.05, 4.69) is 20.8 Å². The standard InChI is InChI=1S/C17H38NO.HI/c1-4-7-10-12-15-18(17-19,14-9-6-3)16-13-11-8-5-2;/h19H,4-17H2,1-3H3;1H/q+1;/p-1. The predicted octanol–water partition coefficient (Wildman–Crippen LogP) is 1.72. The van der Waals surface area contributed by atoms with E-state index in [1.165, 1.54) is 83.8 Å². The third-order valence-corrected chi connectivity index (χ3v) is 4.26. The lowest BCUT2D eigenvalue weighted by Crippen LogP contribution is -3.00. The van der Waals surface area contributed by atoms with Crippen molar-refractivity contribution in [3.63, 3.8) is 0 Å². The van der Waals surface area contributed by atoms with Gasteiger partial charge in [0, 0.05) is 0 Å². The van der Waals surface area contributed by atoms with Gasteiger partial charge in [0.25, 0.3) is 0 Å². The van der Waals surface area contributed by atoms with Crippen LogP contribution in [0.15, 0.2) is 0 Å². The van der Waals surface area contributed by atoms with Gasteiger partial charge in [-0.3, -0.25) is 0 Å². The van der Waals surface area contributed by atoms with Gasteiger partial charge in [-0.1, -0.05) is 52.9 Å². The Morgan fingerprint density at radius 1 is 0.600 bits per heavy atom. The summed E-state index contributed by atoms with van der Waals surface area (Å²) in [7, 11) is 0. The first-order valence-corrected chi connectivity index (χ1v) is 8.70. The van der Waals surface area contributed by atoms with E-state index in [4.69, 9.17) is 0 Å². The van der Waals surface area contributed by atoms with Crippen LogP contribution in [-0.4, -0.2) is 36.0 Å². The molecule has 0 aromatic rings. The van der Waals surface area contributed by atoms with Crippen LogP contribution in [0, 0.1) is 0 Å². The molecule has 124 valence electrons. The Hall–Kier alpha value is 0.650. The molecule has 0 radical (unpaired) electrons. The Labute approximate surface area is 144 Å². The molecule has 2 nitrogen and oxygen atoms in total. The summed E-state index contributed by atoms with van der Waals surface area (Å²) < 4.78 is 0.960. The van der Waals surface area contributed by atoms with E-state index in [0.29, 0.717) is 6.73 Å². The summed E-state index contributed by atoms with van der Waals surface area (Å²) in [6, 6.07) is 0. The molecule has 0 aromatic heterocycles. The van der Waals surface area contributed by atoms with Crippen LogP contribution in [0.25, 0.3) is 0 Å². The molecule has 0 aromatic carbocycles. The summed E-state index contributed by atoms with van der Waals surface area (Å²) in [5.74, 6) is 0. The zero-order valence-electron chi connectivity index (χ0n) is 14.2. The van der Waals surface area contributed by atoms with Gasteiger partial charge in [0.15, 0.2) is 6.73 Å². The van der Waals surface area contributed by atoms with Crippen LogP contribution in [0.4, 0.5) is 0 Å². The summed E-state index contributed by atoms with van der Waals surface area (Å²) in [6.07, 6.45) is 13.0. The lowest BCUT2D eigenvalue weighted by Gasteiger charge is -2.37. The number of hydrogen-bond acceptors (Lipinski definition) is 1. The third-order valence-electron chi connectivity index (χ3n) is 4.26. The maximum absolute atomic E-state index is 9.89. The molecule has 0 amide bonds. The van der Waals surface area contributed by atoms with Gasteiger partial charge in [-0.05, 0) is 32.1 Å². The molecule has 0 saturated heterocycles. The van der Waals surface area contributed by atoms with Crippen LogP contribution in [0.2, 0.25) is 0 Å². The Morgan fingerprint density at radius 2 is 1.00 bits per heavy atom. The summed E-state index contributed by atoms with van der Waals surface area (Å²) in [4.78, 5) is 0. The van der Waals surface area contributed by atoms with Gasteiger partial charge < -0.3 is 33.6 Å². The highest BCUT2D eigenvalue weighted by Crippen LogP contribution is 2.15. The zero-order valence-corrected chi connectivity index (χ0v) is 16.3. The smallest absolute Gasteiger partial charge is 0.180 e. The minimum absolute atomic E-state index is 0. The van der Waals surface area contributed by atoms with Gasteiger partial charge >= 0.3 is 0 Å². The van der Waals surface area contributed by atoms with Crippen molar-refractivity contribution < 1.29 is 33.6 Å². The van der Waals surface area contributed by atoms with E-state index in [1.54, 1.807) is 0 Å². The number of aliphatic hydroxyl groups excluding tert-OH is 1. The van der Waals surface area contributed by atoms with Crippen molar-refractivity contribution in [1.29, 1.82) is 0 Å². The van der Waals surface area contributed by atoms with E-state index in [-0.39, 0.29) is 24.0 Å². The molecular weight excluding hydrogens is 361 g/mol. The SMILES string of the molecule is CCCCCC[N+](CO)(CCCC)CCCCCC.[I-]. The van der Waals surface area contributed by atoms with Crippen molar-refractivity contribution in [2.24, 2.45) is 0 Å². The van der Waals surface area contributed by atoms with Crippen molar-refractivity contribution in [3.8, 4) is 0 Å². The molecule has 0 unspecified atom stereocenters. The minimum Gasteiger partial charge on any atom is -1.00 e. The number of nitrogens with zero attached hydrogens (tertiary/aromatic N) is 1. The Balaban J connectivity index is 0. The lowest BCUT2D eigenvalue weighted by molar-refractivity contribution is -0.945. The summed E-state index contributed by atoms with van der Waals surface area (Å²) >= 11 is 0. The monoisotopic (exact) mass is 399 g/mol. The number of aliphatic hydroxyl groups is 1. The molecular formula is C17H38INO. The highest BCUT2D eigenvalue weighted by Gasteiger charge is 2.24. The second kappa shape index (κ2) is 16.0. The second-order valence-corrected chi connectivity index (χ2v) is 6.13. The molecule has 1 N–H and O–H groups in total. The molecule has 0 bridgehead atoms. The lowest BCUT2D eigenvalue weighted by atomic mass is 10.1. The van der Waals surface area contributed by atoms with Crippen LogP contribution in [-0.2, 0) is 0 Å². The van der Waals surface area contributed by atoms with E-state index in [1.807, 2.05) is 0 Å². The Kier molecular flexibility index (Phi) is 18.4. The first-order chi connectivity index (χ1) is 9.24. The Morgan fingerprint density at radius 3 is 1.35 bits per heavy atom. The average Bonchev–Trinajstić information content (AvgIpc) is 2.45. The van der Waals surface area contributed by atoms with Gasteiger partial charge in [-0.15, -0.1) is 0 Å². The number of quaternary nitrogens is 1. The molecule has 0 aliphatic heterocycles. The topological polar surface area (TPSA) is 20.2 Å². The molecule has 0 aliphatic rings. The van der Waals surface area contributed by atoms with Crippen LogP contribution >= 0.6 is 0 Å². The zero-order chi connectivity index (χ0) is 14.4. The average molecular weight is 399 g/mol. The van der Waals surface area contributed by atoms with E-state index in [0.717, 1.165) is 4.48 Å². The van der Waals surface area contributed by atoms with E-state index in [9.17, 15) is 5.11 Å². The van der Waals surface area contributed by atoms with Crippen molar-refractivity contribution >= 4 is 0 Å². The van der Waals surface area contributed by atoms with Crippen molar-refractivity contribution in [1.82, 2.24) is 0 Å². The normalized spacial score (nSPS) is 11.4. The number of rotatable bonds is 14. The van der Waals surface area contributed by atoms with Crippen LogP contribution in [0.3, 0.4) is 0 Å². The summed E-state index contributed by atoms with van der Waals surface area (Å²) in [6.45, 7) is 10.7. The third kappa shape index (κ3) is 11.3. The van der Waals surface area contributed by atoms with E-state index >= 15 is 0 Å². The first-order valence-electron chi connectivity index (χ1n) is 8.70. The van der Waals surface area contributed by atoms with Gasteiger partial charge in [-0.2, -0.15) is 0 Å². The molecule has 0 rings (SSSR count). The molecule has 0 spiro atoms. The van der Waals surface area contributed by atoms with Crippen molar-refractivity contribution in [3.05, 3.63) is 0 Å². The van der Waals surface area contributed by atoms with Gasteiger partial charge in [0.1, 0.15) is 0 Å². The van der Waals surface area contributed by atoms with Crippen LogP contribution < -0.4 is 24.0 Å². The molecule has 0 atom stereocenters. The molecule has 0 saturated carbocycles. The summed E-state index contributed by atoms with van der Waals surface area (Å²) in [5.41, 5.74) is 0. The molecule has 0 fully saturated rings. The maximum Gasteiger partial charge on any atom is 0.180 e. The fourth-order valence-electron chi connectivity index (χ4n) is 2.79. The van der Waals surface area contributed by atoms with Gasteiger partial charge in [-0.25, -0.2) is 0 Å². The van der Waals surface area contributed by atoms with Crippen LogP contribution in [0.5, 0.6) is 0 Å². The Bertz CT molecular complexity index is 176. The molecule has 3 heteroatoms. The summed E-state index contributed by atoms with van der Waals surface area (Å²) in [5, 5.41) is 9.89. The molecule has 20 heavy (non-hydrogen) atoms. The van der Waals surface area contributed by atoms with Crippen molar-refractivity contribution in [2.45, 2.75) is 85.0 Å². The first kappa shape index (κ1) is 22.9. The number of hydrogen-bond donors (Lipinski definition) is 1. The van der Waals surface area contributed by atoms with Gasteiger partial charge in [0.2, 0.25) is 0 Å². The largest absolute Gasteiger partial charge is 1.00 e. The number of halogens is 1. The fraction of sp³-hybridized carbons (Fsp3) is 1.00.